The van der Waals surface area contributed by atoms with Crippen LogP contribution in [0.4, 0.5) is 8.78 Å². The summed E-state index contributed by atoms with van der Waals surface area (Å²) in [5, 5.41) is 6.64. The van der Waals surface area contributed by atoms with Crippen LogP contribution in [0.3, 0.4) is 0 Å². The van der Waals surface area contributed by atoms with Crippen LogP contribution in [0.5, 0.6) is 0 Å². The molecule has 2 aliphatic rings. The topological polar surface area (TPSA) is 39.7 Å². The summed E-state index contributed by atoms with van der Waals surface area (Å²) in [7, 11) is 0. The Morgan fingerprint density at radius 1 is 1.32 bits per heavy atom. The van der Waals surface area contributed by atoms with Gasteiger partial charge in [-0.3, -0.25) is 4.90 Å². The molecule has 0 aromatic heterocycles. The molecule has 1 aromatic carbocycles. The number of hydrogen-bond acceptors (Lipinski definition) is 2. The number of nitrogens with zero attached hydrogens (tertiary/aromatic N) is 2. The fourth-order valence-electron chi connectivity index (χ4n) is 3.42. The molecule has 2 atom stereocenters. The maximum absolute atomic E-state index is 13.7. The highest BCUT2D eigenvalue weighted by molar-refractivity contribution is 14.0. The van der Waals surface area contributed by atoms with Gasteiger partial charge >= 0.3 is 0 Å². The molecular weight excluding hydrogens is 437 g/mol. The number of likely N-dealkylation sites (tertiary alicyclic amines) is 1. The van der Waals surface area contributed by atoms with Crippen molar-refractivity contribution in [1.82, 2.24) is 15.5 Å². The number of halogens is 3. The Kier molecular flexibility index (Phi) is 7.42. The normalized spacial score (nSPS) is 24.1. The summed E-state index contributed by atoms with van der Waals surface area (Å²) in [6.45, 7) is 6.13. The van der Waals surface area contributed by atoms with Crippen molar-refractivity contribution < 1.29 is 8.78 Å². The Hall–Kier alpha value is -0.960. The summed E-state index contributed by atoms with van der Waals surface area (Å²) in [5.74, 6) is -0.203. The molecule has 0 bridgehead atoms. The average Bonchev–Trinajstić information content (AvgIpc) is 3.32. The molecule has 2 fully saturated rings. The molecule has 25 heavy (non-hydrogen) atoms. The van der Waals surface area contributed by atoms with Crippen molar-refractivity contribution in [3.05, 3.63) is 35.4 Å². The molecule has 140 valence electrons. The second kappa shape index (κ2) is 9.12. The zero-order chi connectivity index (χ0) is 17.1. The third kappa shape index (κ3) is 5.51. The number of aliphatic imine (C=N–C) groups is 1. The molecule has 1 saturated heterocycles. The molecule has 1 heterocycles. The van der Waals surface area contributed by atoms with Crippen molar-refractivity contribution in [2.75, 3.05) is 13.1 Å². The summed E-state index contributed by atoms with van der Waals surface area (Å²) in [6, 6.07) is 5.15. The van der Waals surface area contributed by atoms with E-state index < -0.39 is 11.6 Å². The van der Waals surface area contributed by atoms with Gasteiger partial charge in [0.1, 0.15) is 11.6 Å². The predicted molar refractivity (Wildman–Crippen MR) is 107 cm³/mol. The fourth-order valence-corrected chi connectivity index (χ4v) is 3.42. The maximum Gasteiger partial charge on any atom is 0.191 e. The quantitative estimate of drug-likeness (QED) is 0.400. The van der Waals surface area contributed by atoms with Crippen LogP contribution >= 0.6 is 24.0 Å². The molecule has 1 aliphatic carbocycles. The van der Waals surface area contributed by atoms with E-state index in [9.17, 15) is 8.78 Å². The first-order valence-electron chi connectivity index (χ1n) is 8.81. The van der Waals surface area contributed by atoms with Crippen LogP contribution in [0, 0.1) is 11.6 Å². The Morgan fingerprint density at radius 3 is 2.76 bits per heavy atom. The summed E-state index contributed by atoms with van der Waals surface area (Å²) in [6.07, 6.45) is 3.70. The minimum atomic E-state index is -0.441. The van der Waals surface area contributed by atoms with Gasteiger partial charge in [0.05, 0.1) is 6.54 Å². The van der Waals surface area contributed by atoms with Crippen LogP contribution in [-0.2, 0) is 6.54 Å². The van der Waals surface area contributed by atoms with Crippen molar-refractivity contribution in [2.24, 2.45) is 4.99 Å². The lowest BCUT2D eigenvalue weighted by Crippen LogP contribution is -2.44. The molecule has 0 amide bonds. The Morgan fingerprint density at radius 2 is 2.08 bits per heavy atom. The second-order valence-corrected chi connectivity index (χ2v) is 6.78. The molecule has 2 N–H and O–H groups in total. The largest absolute Gasteiger partial charge is 0.357 e. The highest BCUT2D eigenvalue weighted by Crippen LogP contribution is 2.33. The molecular formula is C18H27F2IN4. The molecule has 0 spiro atoms. The minimum Gasteiger partial charge on any atom is -0.357 e. The summed E-state index contributed by atoms with van der Waals surface area (Å²) in [5.41, 5.74) is 0.270. The lowest BCUT2D eigenvalue weighted by atomic mass is 10.2. The second-order valence-electron chi connectivity index (χ2n) is 6.78. The SMILES string of the molecule is CCNC(=NCc1cc(F)ccc1F)NC1CC(C)N(C2CC2)C1.I. The Bertz CT molecular complexity index is 607. The molecule has 0 radical (unpaired) electrons. The van der Waals surface area contributed by atoms with Gasteiger partial charge in [-0.2, -0.15) is 0 Å². The van der Waals surface area contributed by atoms with Gasteiger partial charge in [-0.25, -0.2) is 13.8 Å². The van der Waals surface area contributed by atoms with E-state index >= 15 is 0 Å². The number of hydrogen-bond donors (Lipinski definition) is 2. The first-order chi connectivity index (χ1) is 11.6. The predicted octanol–water partition coefficient (Wildman–Crippen LogP) is 3.26. The Balaban J connectivity index is 0.00000225. The molecule has 1 aliphatic heterocycles. The summed E-state index contributed by atoms with van der Waals surface area (Å²) in [4.78, 5) is 6.99. The van der Waals surface area contributed by atoms with Crippen LogP contribution in [-0.4, -0.2) is 42.1 Å². The third-order valence-electron chi connectivity index (χ3n) is 4.74. The maximum atomic E-state index is 13.7. The summed E-state index contributed by atoms with van der Waals surface area (Å²) < 4.78 is 27.0. The van der Waals surface area contributed by atoms with Gasteiger partial charge in [-0.1, -0.05) is 0 Å². The van der Waals surface area contributed by atoms with Crippen molar-refractivity contribution in [1.29, 1.82) is 0 Å². The van der Waals surface area contributed by atoms with E-state index in [1.165, 1.54) is 18.9 Å². The lowest BCUT2D eigenvalue weighted by molar-refractivity contribution is 0.256. The third-order valence-corrected chi connectivity index (χ3v) is 4.74. The smallest absolute Gasteiger partial charge is 0.191 e. The number of nitrogens with one attached hydrogen (secondary N) is 2. The van der Waals surface area contributed by atoms with Gasteiger partial charge in [0.25, 0.3) is 0 Å². The minimum absolute atomic E-state index is 0. The zero-order valence-electron chi connectivity index (χ0n) is 14.8. The monoisotopic (exact) mass is 464 g/mol. The molecule has 3 rings (SSSR count). The molecule has 2 unspecified atom stereocenters. The van der Waals surface area contributed by atoms with Crippen LogP contribution in [0.1, 0.15) is 38.7 Å². The molecule has 1 saturated carbocycles. The molecule has 1 aromatic rings. The molecule has 7 heteroatoms. The van der Waals surface area contributed by atoms with Crippen molar-refractivity contribution in [2.45, 2.75) is 57.8 Å². The van der Waals surface area contributed by atoms with E-state index in [2.05, 4.69) is 27.4 Å². The van der Waals surface area contributed by atoms with Gasteiger partial charge in [0, 0.05) is 36.8 Å². The van der Waals surface area contributed by atoms with E-state index in [1.807, 2.05) is 6.92 Å². The highest BCUT2D eigenvalue weighted by atomic mass is 127. The van der Waals surface area contributed by atoms with Crippen LogP contribution in [0.25, 0.3) is 0 Å². The van der Waals surface area contributed by atoms with E-state index in [1.54, 1.807) is 0 Å². The van der Waals surface area contributed by atoms with Crippen molar-refractivity contribution >= 4 is 29.9 Å². The first-order valence-corrected chi connectivity index (χ1v) is 8.81. The van der Waals surface area contributed by atoms with Gasteiger partial charge in [-0.05, 0) is 51.3 Å². The van der Waals surface area contributed by atoms with Gasteiger partial charge in [-0.15, -0.1) is 24.0 Å². The van der Waals surface area contributed by atoms with Gasteiger partial charge < -0.3 is 10.6 Å². The Labute approximate surface area is 165 Å². The van der Waals surface area contributed by atoms with E-state index in [-0.39, 0.29) is 36.1 Å². The van der Waals surface area contributed by atoms with Crippen LogP contribution in [0.15, 0.2) is 23.2 Å². The standard InChI is InChI=1S/C18H26F2N4.HI/c1-3-21-18(22-10-13-9-14(19)4-7-17(13)20)23-15-8-12(2)24(11-15)16-5-6-16;/h4,7,9,12,15-16H,3,5-6,8,10-11H2,1-2H3,(H2,21,22,23);1H. The summed E-state index contributed by atoms with van der Waals surface area (Å²) >= 11 is 0. The van der Waals surface area contributed by atoms with Crippen molar-refractivity contribution in [3.8, 4) is 0 Å². The number of benzene rings is 1. The van der Waals surface area contributed by atoms with E-state index in [0.717, 1.165) is 37.7 Å². The average molecular weight is 464 g/mol. The van der Waals surface area contributed by atoms with E-state index in [0.29, 0.717) is 18.0 Å². The number of guanidine groups is 1. The van der Waals surface area contributed by atoms with E-state index in [4.69, 9.17) is 0 Å². The number of rotatable bonds is 5. The van der Waals surface area contributed by atoms with Gasteiger partial charge in [0.2, 0.25) is 0 Å². The lowest BCUT2D eigenvalue weighted by Gasteiger charge is -2.20. The highest BCUT2D eigenvalue weighted by Gasteiger charge is 2.38. The molecule has 4 nitrogen and oxygen atoms in total. The van der Waals surface area contributed by atoms with Crippen LogP contribution in [0.2, 0.25) is 0 Å². The van der Waals surface area contributed by atoms with Crippen molar-refractivity contribution in [3.63, 3.8) is 0 Å². The zero-order valence-corrected chi connectivity index (χ0v) is 17.1. The first kappa shape index (κ1) is 20.4. The van der Waals surface area contributed by atoms with Gasteiger partial charge in [0.15, 0.2) is 5.96 Å². The fraction of sp³-hybridized carbons (Fsp3) is 0.611. The van der Waals surface area contributed by atoms with Crippen LogP contribution < -0.4 is 10.6 Å².